The number of rotatable bonds is 1. The number of para-hydroxylation sites is 1. The minimum absolute atomic E-state index is 0.119. The molecular formula is C22H18F3N3O. The number of amides is 1. The monoisotopic (exact) mass is 397 g/mol. The number of nitrogens with zero attached hydrogens (tertiary/aromatic N) is 3. The largest absolute Gasteiger partial charge is 0.471 e. The Labute approximate surface area is 166 Å². The lowest BCUT2D eigenvalue weighted by atomic mass is 9.95. The molecule has 2 heterocycles. The minimum atomic E-state index is -4.99. The average molecular weight is 397 g/mol. The first-order valence-corrected chi connectivity index (χ1v) is 9.33. The summed E-state index contributed by atoms with van der Waals surface area (Å²) >= 11 is 0. The number of hydrogen-bond acceptors (Lipinski definition) is 3. The zero-order chi connectivity index (χ0) is 20.6. The molecule has 148 valence electrons. The second-order valence-electron chi connectivity index (χ2n) is 7.13. The first kappa shape index (κ1) is 19.1. The van der Waals surface area contributed by atoms with Gasteiger partial charge in [-0.2, -0.15) is 18.4 Å². The molecule has 2 aromatic carbocycles. The minimum Gasteiger partial charge on any atom is -0.328 e. The van der Waals surface area contributed by atoms with Gasteiger partial charge in [0.1, 0.15) is 11.8 Å². The highest BCUT2D eigenvalue weighted by Gasteiger charge is 2.48. The van der Waals surface area contributed by atoms with E-state index in [0.717, 1.165) is 4.90 Å². The summed E-state index contributed by atoms with van der Waals surface area (Å²) in [6, 6.07) is 16.6. The zero-order valence-corrected chi connectivity index (χ0v) is 15.4. The maximum absolute atomic E-state index is 13.5. The van der Waals surface area contributed by atoms with Gasteiger partial charge in [-0.25, -0.2) is 0 Å². The summed E-state index contributed by atoms with van der Waals surface area (Å²) < 4.78 is 40.6. The van der Waals surface area contributed by atoms with Crippen molar-refractivity contribution in [3.8, 4) is 6.07 Å². The van der Waals surface area contributed by atoms with Gasteiger partial charge in [-0.15, -0.1) is 0 Å². The molecule has 0 fully saturated rings. The van der Waals surface area contributed by atoms with Crippen LogP contribution in [0.15, 0.2) is 66.4 Å². The van der Waals surface area contributed by atoms with Crippen molar-refractivity contribution >= 4 is 11.6 Å². The number of alkyl halides is 3. The lowest BCUT2D eigenvalue weighted by Crippen LogP contribution is -2.49. The zero-order valence-electron chi connectivity index (χ0n) is 15.4. The molecule has 0 bridgehead atoms. The van der Waals surface area contributed by atoms with E-state index in [4.69, 9.17) is 0 Å². The Morgan fingerprint density at radius 1 is 1.07 bits per heavy atom. The number of anilines is 1. The van der Waals surface area contributed by atoms with Crippen LogP contribution in [0.3, 0.4) is 0 Å². The molecule has 0 aliphatic carbocycles. The van der Waals surface area contributed by atoms with Crippen molar-refractivity contribution in [1.29, 1.82) is 5.26 Å². The van der Waals surface area contributed by atoms with Crippen LogP contribution in [-0.2, 0) is 4.79 Å². The van der Waals surface area contributed by atoms with Gasteiger partial charge in [0.05, 0.1) is 12.1 Å². The molecule has 4 rings (SSSR count). The lowest BCUT2D eigenvalue weighted by Gasteiger charge is -2.36. The van der Waals surface area contributed by atoms with Gasteiger partial charge < -0.3 is 9.80 Å². The van der Waals surface area contributed by atoms with Gasteiger partial charge in [-0.1, -0.05) is 48.5 Å². The van der Waals surface area contributed by atoms with Crippen LogP contribution < -0.4 is 4.90 Å². The quantitative estimate of drug-likeness (QED) is 0.709. The third kappa shape index (κ3) is 3.35. The second kappa shape index (κ2) is 7.28. The Balaban J connectivity index is 1.96. The predicted molar refractivity (Wildman–Crippen MR) is 102 cm³/mol. The van der Waals surface area contributed by atoms with Crippen LogP contribution in [0.2, 0.25) is 0 Å². The average Bonchev–Trinajstić information content (AvgIpc) is 2.87. The van der Waals surface area contributed by atoms with Crippen LogP contribution >= 0.6 is 0 Å². The van der Waals surface area contributed by atoms with Gasteiger partial charge in [-0.3, -0.25) is 4.79 Å². The van der Waals surface area contributed by atoms with Crippen molar-refractivity contribution in [3.05, 3.63) is 77.5 Å². The van der Waals surface area contributed by atoms with Crippen LogP contribution in [0.25, 0.3) is 0 Å². The fourth-order valence-electron chi connectivity index (χ4n) is 4.23. The number of carbonyl (C=O) groups excluding carboxylic acids is 1. The van der Waals surface area contributed by atoms with Crippen LogP contribution in [0.4, 0.5) is 18.9 Å². The van der Waals surface area contributed by atoms with Gasteiger partial charge in [0, 0.05) is 17.8 Å². The van der Waals surface area contributed by atoms with Gasteiger partial charge >= 0.3 is 12.1 Å². The Hall–Kier alpha value is -3.27. The molecule has 0 aromatic heterocycles. The van der Waals surface area contributed by atoms with Crippen molar-refractivity contribution in [1.82, 2.24) is 4.90 Å². The fraction of sp³-hybridized carbons (Fsp3) is 0.273. The molecule has 29 heavy (non-hydrogen) atoms. The molecule has 0 unspecified atom stereocenters. The summed E-state index contributed by atoms with van der Waals surface area (Å²) in [7, 11) is 0. The maximum atomic E-state index is 13.5. The number of hydrogen-bond donors (Lipinski definition) is 0. The highest BCUT2D eigenvalue weighted by Crippen LogP contribution is 2.43. The van der Waals surface area contributed by atoms with Crippen molar-refractivity contribution in [2.45, 2.75) is 31.1 Å². The molecular weight excluding hydrogens is 379 g/mol. The number of halogens is 3. The fourth-order valence-corrected chi connectivity index (χ4v) is 4.23. The highest BCUT2D eigenvalue weighted by molar-refractivity contribution is 5.84. The molecule has 4 nitrogen and oxygen atoms in total. The van der Waals surface area contributed by atoms with E-state index < -0.39 is 24.2 Å². The molecule has 2 aliphatic rings. The van der Waals surface area contributed by atoms with E-state index in [9.17, 15) is 23.2 Å². The van der Waals surface area contributed by atoms with E-state index in [1.54, 1.807) is 65.6 Å². The molecule has 2 atom stereocenters. The molecule has 7 heteroatoms. The summed E-state index contributed by atoms with van der Waals surface area (Å²) in [6.45, 7) is -0.119. The normalized spacial score (nSPS) is 21.4. The Bertz CT molecular complexity index is 994. The molecule has 1 amide bonds. The van der Waals surface area contributed by atoms with Gasteiger partial charge in [0.2, 0.25) is 0 Å². The first-order chi connectivity index (χ1) is 13.9. The van der Waals surface area contributed by atoms with Crippen LogP contribution in [0.5, 0.6) is 0 Å². The van der Waals surface area contributed by atoms with Gasteiger partial charge in [-0.05, 0) is 30.5 Å². The van der Waals surface area contributed by atoms with Crippen LogP contribution in [-0.4, -0.2) is 29.6 Å². The molecule has 2 aromatic rings. The molecule has 2 aliphatic heterocycles. The van der Waals surface area contributed by atoms with E-state index in [0.29, 0.717) is 35.4 Å². The highest BCUT2D eigenvalue weighted by atomic mass is 19.4. The van der Waals surface area contributed by atoms with E-state index in [2.05, 4.69) is 6.07 Å². The Morgan fingerprint density at radius 2 is 1.76 bits per heavy atom. The Kier molecular flexibility index (Phi) is 4.79. The van der Waals surface area contributed by atoms with E-state index in [-0.39, 0.29) is 6.54 Å². The second-order valence-corrected chi connectivity index (χ2v) is 7.13. The van der Waals surface area contributed by atoms with E-state index in [1.165, 1.54) is 0 Å². The molecule has 0 radical (unpaired) electrons. The third-order valence-electron chi connectivity index (χ3n) is 5.41. The van der Waals surface area contributed by atoms with Crippen LogP contribution in [0, 0.1) is 11.3 Å². The summed E-state index contributed by atoms with van der Waals surface area (Å²) in [6.07, 6.45) is -2.05. The standard InChI is InChI=1S/C22H18F3N3O/c23-22(24,25)21(29)27-14-17-10-6-9-16(13-26)28(17)19-12-5-4-11-18(19)20(27)15-7-2-1-3-8-15/h1-5,7-9,11-12,17,20H,6,10,14H2/t17-,20+/m1/s1. The summed E-state index contributed by atoms with van der Waals surface area (Å²) in [5, 5.41) is 9.61. The maximum Gasteiger partial charge on any atom is 0.471 e. The molecule has 0 saturated carbocycles. The third-order valence-corrected chi connectivity index (χ3v) is 5.41. The predicted octanol–water partition coefficient (Wildman–Crippen LogP) is 4.56. The smallest absolute Gasteiger partial charge is 0.328 e. The van der Waals surface area contributed by atoms with Gasteiger partial charge in [0.25, 0.3) is 0 Å². The number of carbonyl (C=O) groups is 1. The van der Waals surface area contributed by atoms with Crippen molar-refractivity contribution in [3.63, 3.8) is 0 Å². The molecule has 0 spiro atoms. The number of fused-ring (bicyclic) bond motifs is 3. The summed E-state index contributed by atoms with van der Waals surface area (Å²) in [5.74, 6) is -1.86. The molecule has 0 saturated heterocycles. The number of allylic oxidation sites excluding steroid dienone is 2. The van der Waals surface area contributed by atoms with Crippen molar-refractivity contribution in [2.24, 2.45) is 0 Å². The summed E-state index contributed by atoms with van der Waals surface area (Å²) in [4.78, 5) is 15.2. The topological polar surface area (TPSA) is 47.3 Å². The van der Waals surface area contributed by atoms with Crippen LogP contribution in [0.1, 0.15) is 30.0 Å². The van der Waals surface area contributed by atoms with E-state index in [1.807, 2.05) is 0 Å². The van der Waals surface area contributed by atoms with Crippen molar-refractivity contribution in [2.75, 3.05) is 11.4 Å². The van der Waals surface area contributed by atoms with Crippen molar-refractivity contribution < 1.29 is 18.0 Å². The number of benzene rings is 2. The SMILES string of the molecule is N#CC1=CCC[C@@H]2CN(C(=O)C(F)(F)F)[C@@H](c3ccccc3)c3ccccc3N12. The molecule has 0 N–H and O–H groups in total. The van der Waals surface area contributed by atoms with E-state index >= 15 is 0 Å². The van der Waals surface area contributed by atoms with Gasteiger partial charge in [0.15, 0.2) is 0 Å². The first-order valence-electron chi connectivity index (χ1n) is 9.33. The summed E-state index contributed by atoms with van der Waals surface area (Å²) in [5.41, 5.74) is 2.24. The Morgan fingerprint density at radius 3 is 2.45 bits per heavy atom. The number of nitriles is 1. The lowest BCUT2D eigenvalue weighted by molar-refractivity contribution is -0.187.